The summed E-state index contributed by atoms with van der Waals surface area (Å²) >= 11 is 0. The first-order chi connectivity index (χ1) is 9.25. The van der Waals surface area contributed by atoms with E-state index >= 15 is 0 Å². The van der Waals surface area contributed by atoms with Gasteiger partial charge < -0.3 is 10.4 Å². The van der Waals surface area contributed by atoms with E-state index < -0.39 is 0 Å². The molecule has 0 saturated carbocycles. The standard InChI is InChI=1S/C16H18N2O/c1-11(12-7-9-17-10-8-12)18-15-6-5-14-13(15)3-2-4-16(14)19/h2-4,7-11,15,18-19H,5-6H2,1H3. The molecule has 3 nitrogen and oxygen atoms in total. The first-order valence-electron chi connectivity index (χ1n) is 6.72. The van der Waals surface area contributed by atoms with Gasteiger partial charge in [-0.25, -0.2) is 0 Å². The average molecular weight is 254 g/mol. The third-order valence-corrected chi connectivity index (χ3v) is 3.90. The average Bonchev–Trinajstić information content (AvgIpc) is 2.84. The van der Waals surface area contributed by atoms with Gasteiger partial charge >= 0.3 is 0 Å². The van der Waals surface area contributed by atoms with Gasteiger partial charge in [-0.2, -0.15) is 0 Å². The van der Waals surface area contributed by atoms with Crippen LogP contribution in [0.1, 0.15) is 42.1 Å². The smallest absolute Gasteiger partial charge is 0.119 e. The molecule has 1 aliphatic rings. The van der Waals surface area contributed by atoms with Crippen LogP contribution in [0.3, 0.4) is 0 Å². The molecule has 0 saturated heterocycles. The van der Waals surface area contributed by atoms with E-state index in [1.165, 1.54) is 11.1 Å². The third-order valence-electron chi connectivity index (χ3n) is 3.90. The Kier molecular flexibility index (Phi) is 3.22. The zero-order valence-corrected chi connectivity index (χ0v) is 11.0. The van der Waals surface area contributed by atoms with E-state index in [4.69, 9.17) is 0 Å². The number of aromatic nitrogens is 1. The minimum Gasteiger partial charge on any atom is -0.508 e. The summed E-state index contributed by atoms with van der Waals surface area (Å²) in [4.78, 5) is 4.05. The van der Waals surface area contributed by atoms with Crippen LogP contribution in [0.15, 0.2) is 42.7 Å². The Balaban J connectivity index is 1.78. The number of phenolic OH excluding ortho intramolecular Hbond substituents is 1. The van der Waals surface area contributed by atoms with Crippen molar-refractivity contribution in [2.45, 2.75) is 31.8 Å². The predicted molar refractivity (Wildman–Crippen MR) is 75.0 cm³/mol. The first kappa shape index (κ1) is 12.2. The summed E-state index contributed by atoms with van der Waals surface area (Å²) in [5, 5.41) is 13.5. The van der Waals surface area contributed by atoms with E-state index in [1.807, 2.05) is 30.6 Å². The van der Waals surface area contributed by atoms with Crippen molar-refractivity contribution in [1.82, 2.24) is 10.3 Å². The minimum atomic E-state index is 0.279. The summed E-state index contributed by atoms with van der Waals surface area (Å²) in [7, 11) is 0. The topological polar surface area (TPSA) is 45.1 Å². The molecule has 0 amide bonds. The summed E-state index contributed by atoms with van der Waals surface area (Å²) in [5.74, 6) is 0.429. The second-order valence-electron chi connectivity index (χ2n) is 5.11. The molecule has 0 fully saturated rings. The molecule has 0 radical (unpaired) electrons. The summed E-state index contributed by atoms with van der Waals surface area (Å²) in [6, 6.07) is 10.5. The Hall–Kier alpha value is -1.87. The maximum Gasteiger partial charge on any atom is 0.119 e. The number of rotatable bonds is 3. The number of phenols is 1. The zero-order chi connectivity index (χ0) is 13.2. The van der Waals surface area contributed by atoms with Crippen LogP contribution in [0.2, 0.25) is 0 Å². The molecule has 2 atom stereocenters. The van der Waals surface area contributed by atoms with E-state index in [-0.39, 0.29) is 6.04 Å². The van der Waals surface area contributed by atoms with E-state index in [0.717, 1.165) is 18.4 Å². The van der Waals surface area contributed by atoms with Crippen LogP contribution in [-0.2, 0) is 6.42 Å². The lowest BCUT2D eigenvalue weighted by molar-refractivity contribution is 0.464. The number of hydrogen-bond acceptors (Lipinski definition) is 3. The molecule has 1 aliphatic carbocycles. The third kappa shape index (κ3) is 2.34. The first-order valence-corrected chi connectivity index (χ1v) is 6.72. The number of hydrogen-bond donors (Lipinski definition) is 2. The predicted octanol–water partition coefficient (Wildman–Crippen LogP) is 3.13. The summed E-state index contributed by atoms with van der Waals surface area (Å²) in [6.45, 7) is 2.16. The Morgan fingerprint density at radius 2 is 2.05 bits per heavy atom. The molecule has 2 unspecified atom stereocenters. The Morgan fingerprint density at radius 1 is 1.26 bits per heavy atom. The lowest BCUT2D eigenvalue weighted by atomic mass is 10.0. The van der Waals surface area contributed by atoms with E-state index in [0.29, 0.717) is 11.8 Å². The van der Waals surface area contributed by atoms with Gasteiger partial charge in [0.05, 0.1) is 0 Å². The van der Waals surface area contributed by atoms with Crippen LogP contribution < -0.4 is 5.32 Å². The Morgan fingerprint density at radius 3 is 2.84 bits per heavy atom. The van der Waals surface area contributed by atoms with Crippen molar-refractivity contribution >= 4 is 0 Å². The summed E-state index contributed by atoms with van der Waals surface area (Å²) in [5.41, 5.74) is 3.58. The van der Waals surface area contributed by atoms with Gasteiger partial charge in [-0.1, -0.05) is 12.1 Å². The number of benzene rings is 1. The number of fused-ring (bicyclic) bond motifs is 1. The monoisotopic (exact) mass is 254 g/mol. The van der Waals surface area contributed by atoms with Crippen LogP contribution in [0, 0.1) is 0 Å². The molecule has 1 heterocycles. The van der Waals surface area contributed by atoms with E-state index in [1.54, 1.807) is 6.07 Å². The van der Waals surface area contributed by atoms with Gasteiger partial charge in [0.1, 0.15) is 5.75 Å². The van der Waals surface area contributed by atoms with Crippen molar-refractivity contribution in [1.29, 1.82) is 0 Å². The number of pyridine rings is 1. The second kappa shape index (κ2) is 5.02. The van der Waals surface area contributed by atoms with Crippen LogP contribution in [0.4, 0.5) is 0 Å². The van der Waals surface area contributed by atoms with Gasteiger partial charge in [-0.15, -0.1) is 0 Å². The summed E-state index contributed by atoms with van der Waals surface area (Å²) < 4.78 is 0. The van der Waals surface area contributed by atoms with E-state index in [2.05, 4.69) is 23.3 Å². The largest absolute Gasteiger partial charge is 0.508 e. The molecule has 1 aromatic carbocycles. The van der Waals surface area contributed by atoms with Crippen molar-refractivity contribution in [3.8, 4) is 5.75 Å². The minimum absolute atomic E-state index is 0.279. The van der Waals surface area contributed by atoms with E-state index in [9.17, 15) is 5.11 Å². The van der Waals surface area contributed by atoms with Crippen LogP contribution in [0.5, 0.6) is 5.75 Å². The fraction of sp³-hybridized carbons (Fsp3) is 0.312. The molecule has 98 valence electrons. The molecule has 3 rings (SSSR count). The van der Waals surface area contributed by atoms with Gasteiger partial charge in [0.25, 0.3) is 0 Å². The van der Waals surface area contributed by atoms with Gasteiger partial charge in [0, 0.05) is 24.5 Å². The molecule has 1 aromatic heterocycles. The highest BCUT2D eigenvalue weighted by atomic mass is 16.3. The van der Waals surface area contributed by atoms with Crippen molar-refractivity contribution in [2.75, 3.05) is 0 Å². The van der Waals surface area contributed by atoms with Gasteiger partial charge in [-0.05, 0) is 54.7 Å². The Labute approximate surface area is 113 Å². The molecule has 2 aromatic rings. The zero-order valence-electron chi connectivity index (χ0n) is 11.0. The molecular formula is C16H18N2O. The normalized spacial score (nSPS) is 19.1. The van der Waals surface area contributed by atoms with Crippen molar-refractivity contribution in [3.05, 3.63) is 59.4 Å². The van der Waals surface area contributed by atoms with Gasteiger partial charge in [-0.3, -0.25) is 4.98 Å². The van der Waals surface area contributed by atoms with Gasteiger partial charge in [0.15, 0.2) is 0 Å². The van der Waals surface area contributed by atoms with Crippen molar-refractivity contribution in [3.63, 3.8) is 0 Å². The number of nitrogens with zero attached hydrogens (tertiary/aromatic N) is 1. The molecular weight excluding hydrogens is 236 g/mol. The molecule has 0 spiro atoms. The van der Waals surface area contributed by atoms with Crippen LogP contribution in [-0.4, -0.2) is 10.1 Å². The van der Waals surface area contributed by atoms with Crippen LogP contribution >= 0.6 is 0 Å². The quantitative estimate of drug-likeness (QED) is 0.884. The van der Waals surface area contributed by atoms with Crippen molar-refractivity contribution in [2.24, 2.45) is 0 Å². The number of nitrogens with one attached hydrogen (secondary N) is 1. The molecule has 19 heavy (non-hydrogen) atoms. The molecule has 0 aliphatic heterocycles. The lowest BCUT2D eigenvalue weighted by Crippen LogP contribution is -2.22. The maximum atomic E-state index is 9.86. The summed E-state index contributed by atoms with van der Waals surface area (Å²) in [6.07, 6.45) is 5.63. The highest BCUT2D eigenvalue weighted by Gasteiger charge is 2.25. The SMILES string of the molecule is CC(NC1CCc2c(O)cccc21)c1ccncc1. The number of aromatic hydroxyl groups is 1. The highest BCUT2D eigenvalue weighted by molar-refractivity contribution is 5.44. The lowest BCUT2D eigenvalue weighted by Gasteiger charge is -2.20. The van der Waals surface area contributed by atoms with Crippen LogP contribution in [0.25, 0.3) is 0 Å². The fourth-order valence-corrected chi connectivity index (χ4v) is 2.86. The maximum absolute atomic E-state index is 9.86. The molecule has 0 bridgehead atoms. The van der Waals surface area contributed by atoms with Crippen molar-refractivity contribution < 1.29 is 5.11 Å². The fourth-order valence-electron chi connectivity index (χ4n) is 2.86. The molecule has 3 heteroatoms. The highest BCUT2D eigenvalue weighted by Crippen LogP contribution is 2.37. The Bertz CT molecular complexity index is 568. The molecule has 2 N–H and O–H groups in total. The van der Waals surface area contributed by atoms with Gasteiger partial charge in [0.2, 0.25) is 0 Å². The second-order valence-corrected chi connectivity index (χ2v) is 5.11.